The Labute approximate surface area is 140 Å². The van der Waals surface area contributed by atoms with Crippen molar-refractivity contribution in [1.82, 2.24) is 0 Å². The lowest BCUT2D eigenvalue weighted by Gasteiger charge is -2.14. The quantitative estimate of drug-likeness (QED) is 0.827. The summed E-state index contributed by atoms with van der Waals surface area (Å²) in [5.74, 6) is -1.16. The lowest BCUT2D eigenvalue weighted by molar-refractivity contribution is -0.152. The van der Waals surface area contributed by atoms with E-state index in [2.05, 4.69) is 5.32 Å². The van der Waals surface area contributed by atoms with E-state index in [9.17, 15) is 22.8 Å². The Hall–Kier alpha value is -2.35. The molecule has 1 amide bonds. The number of esters is 1. The molecule has 0 bridgehead atoms. The lowest BCUT2D eigenvalue weighted by Crippen LogP contribution is -2.30. The third-order valence-electron chi connectivity index (χ3n) is 3.06. The number of hydrogen-bond donors (Lipinski definition) is 1. The van der Waals surface area contributed by atoms with Gasteiger partial charge < -0.3 is 10.1 Å². The second-order valence-corrected chi connectivity index (χ2v) is 5.98. The molecule has 0 saturated heterocycles. The number of rotatable bonds is 5. The number of carbonyl (C=O) groups is 2. The number of amides is 1. The van der Waals surface area contributed by atoms with Gasteiger partial charge in [0.2, 0.25) is 0 Å². The summed E-state index contributed by atoms with van der Waals surface area (Å²) in [6.45, 7) is 1.39. The van der Waals surface area contributed by atoms with Gasteiger partial charge in [0.1, 0.15) is 0 Å². The summed E-state index contributed by atoms with van der Waals surface area (Å²) in [5, 5.41) is 4.23. The summed E-state index contributed by atoms with van der Waals surface area (Å²) in [6, 6.07) is 7.58. The molecule has 8 heteroatoms. The van der Waals surface area contributed by atoms with E-state index in [-0.39, 0.29) is 12.1 Å². The molecule has 1 aromatic heterocycles. The average Bonchev–Trinajstić information content (AvgIpc) is 2.99. The van der Waals surface area contributed by atoms with Crippen LogP contribution in [0.15, 0.2) is 41.8 Å². The third-order valence-corrected chi connectivity index (χ3v) is 3.93. The Kier molecular flexibility index (Phi) is 5.61. The minimum absolute atomic E-state index is 0.0650. The van der Waals surface area contributed by atoms with Crippen LogP contribution in [0, 0.1) is 0 Å². The van der Waals surface area contributed by atoms with Gasteiger partial charge in [-0.1, -0.05) is 6.07 Å². The molecule has 24 heavy (non-hydrogen) atoms. The minimum atomic E-state index is -4.44. The molecule has 1 atom stereocenters. The van der Waals surface area contributed by atoms with Gasteiger partial charge in [0.25, 0.3) is 5.91 Å². The standard InChI is InChI=1S/C16H14F3NO3S/c1-10(23-14(21)9-13-3-2-8-24-13)15(22)20-12-6-4-11(5-7-12)16(17,18)19/h2-8,10H,9H2,1H3,(H,20,22)/t10-/m0/s1. The van der Waals surface area contributed by atoms with Gasteiger partial charge in [-0.25, -0.2) is 0 Å². The van der Waals surface area contributed by atoms with Crippen LogP contribution >= 0.6 is 11.3 Å². The molecule has 4 nitrogen and oxygen atoms in total. The van der Waals surface area contributed by atoms with Crippen LogP contribution in [0.1, 0.15) is 17.4 Å². The predicted octanol–water partition coefficient (Wildman–Crippen LogP) is 3.88. The maximum absolute atomic E-state index is 12.5. The molecular formula is C16H14F3NO3S. The van der Waals surface area contributed by atoms with Gasteiger partial charge in [-0.3, -0.25) is 9.59 Å². The molecule has 0 saturated carbocycles. The minimum Gasteiger partial charge on any atom is -0.452 e. The van der Waals surface area contributed by atoms with Crippen LogP contribution in [-0.4, -0.2) is 18.0 Å². The van der Waals surface area contributed by atoms with Crippen LogP contribution in [0.25, 0.3) is 0 Å². The number of benzene rings is 1. The zero-order valence-electron chi connectivity index (χ0n) is 12.6. The highest BCUT2D eigenvalue weighted by Crippen LogP contribution is 2.29. The molecule has 1 aromatic carbocycles. The smallest absolute Gasteiger partial charge is 0.416 e. The maximum Gasteiger partial charge on any atom is 0.416 e. The number of hydrogen-bond acceptors (Lipinski definition) is 4. The summed E-state index contributed by atoms with van der Waals surface area (Å²) in [6.07, 6.45) is -5.43. The Morgan fingerprint density at radius 2 is 1.88 bits per heavy atom. The molecule has 0 aliphatic carbocycles. The summed E-state index contributed by atoms with van der Waals surface area (Å²) in [4.78, 5) is 24.5. The van der Waals surface area contributed by atoms with E-state index in [4.69, 9.17) is 4.74 Å². The number of halogens is 3. The molecule has 2 aromatic rings. The fourth-order valence-corrected chi connectivity index (χ4v) is 2.52. The lowest BCUT2D eigenvalue weighted by atomic mass is 10.2. The van der Waals surface area contributed by atoms with Crippen LogP contribution in [0.4, 0.5) is 18.9 Å². The van der Waals surface area contributed by atoms with Crippen LogP contribution in [0.2, 0.25) is 0 Å². The van der Waals surface area contributed by atoms with Crippen molar-refractivity contribution in [3.63, 3.8) is 0 Å². The fourth-order valence-electron chi connectivity index (χ4n) is 1.83. The first-order valence-electron chi connectivity index (χ1n) is 6.95. The van der Waals surface area contributed by atoms with E-state index in [1.54, 1.807) is 12.1 Å². The van der Waals surface area contributed by atoms with Crippen molar-refractivity contribution in [2.45, 2.75) is 25.6 Å². The number of carbonyl (C=O) groups excluding carboxylic acids is 2. The van der Waals surface area contributed by atoms with Gasteiger partial charge in [0.15, 0.2) is 6.10 Å². The monoisotopic (exact) mass is 357 g/mol. The highest BCUT2D eigenvalue weighted by molar-refractivity contribution is 7.10. The van der Waals surface area contributed by atoms with Gasteiger partial charge >= 0.3 is 12.1 Å². The van der Waals surface area contributed by atoms with Crippen molar-refractivity contribution in [3.05, 3.63) is 52.2 Å². The average molecular weight is 357 g/mol. The Morgan fingerprint density at radius 3 is 2.42 bits per heavy atom. The van der Waals surface area contributed by atoms with Crippen molar-refractivity contribution in [1.29, 1.82) is 0 Å². The number of thiophene rings is 1. The molecule has 128 valence electrons. The first-order chi connectivity index (χ1) is 11.3. The van der Waals surface area contributed by atoms with E-state index in [1.165, 1.54) is 18.3 Å². The van der Waals surface area contributed by atoms with Gasteiger partial charge in [-0.15, -0.1) is 11.3 Å². The highest BCUT2D eigenvalue weighted by Gasteiger charge is 2.30. The van der Waals surface area contributed by atoms with Gasteiger partial charge in [-0.05, 0) is 42.6 Å². The summed E-state index contributed by atoms with van der Waals surface area (Å²) < 4.78 is 42.4. The normalized spacial score (nSPS) is 12.5. The molecule has 0 radical (unpaired) electrons. The van der Waals surface area contributed by atoms with Crippen LogP contribution in [0.5, 0.6) is 0 Å². The largest absolute Gasteiger partial charge is 0.452 e. The van der Waals surface area contributed by atoms with Crippen molar-refractivity contribution >= 4 is 28.9 Å². The number of anilines is 1. The van der Waals surface area contributed by atoms with Crippen molar-refractivity contribution in [3.8, 4) is 0 Å². The van der Waals surface area contributed by atoms with Crippen LogP contribution < -0.4 is 5.32 Å². The molecule has 2 rings (SSSR count). The predicted molar refractivity (Wildman–Crippen MR) is 83.7 cm³/mol. The zero-order valence-corrected chi connectivity index (χ0v) is 13.4. The number of nitrogens with one attached hydrogen (secondary N) is 1. The van der Waals surface area contributed by atoms with Crippen LogP contribution in [-0.2, 0) is 26.9 Å². The fraction of sp³-hybridized carbons (Fsp3) is 0.250. The topological polar surface area (TPSA) is 55.4 Å². The van der Waals surface area contributed by atoms with E-state index in [1.807, 2.05) is 5.38 Å². The summed E-state index contributed by atoms with van der Waals surface area (Å²) in [7, 11) is 0. The molecule has 0 aliphatic rings. The molecule has 0 spiro atoms. The van der Waals surface area contributed by atoms with Crippen molar-refractivity contribution < 1.29 is 27.5 Å². The van der Waals surface area contributed by atoms with Crippen molar-refractivity contribution in [2.75, 3.05) is 5.32 Å². The Balaban J connectivity index is 1.88. The molecule has 0 unspecified atom stereocenters. The number of ether oxygens (including phenoxy) is 1. The SMILES string of the molecule is C[C@H](OC(=O)Cc1cccs1)C(=O)Nc1ccc(C(F)(F)F)cc1. The summed E-state index contributed by atoms with van der Waals surface area (Å²) in [5.41, 5.74) is -0.620. The third kappa shape index (κ3) is 5.09. The Morgan fingerprint density at radius 1 is 1.21 bits per heavy atom. The van der Waals surface area contributed by atoms with E-state index < -0.39 is 29.7 Å². The molecule has 1 heterocycles. The van der Waals surface area contributed by atoms with Gasteiger partial charge in [0.05, 0.1) is 12.0 Å². The van der Waals surface area contributed by atoms with Crippen molar-refractivity contribution in [2.24, 2.45) is 0 Å². The summed E-state index contributed by atoms with van der Waals surface area (Å²) >= 11 is 1.40. The van der Waals surface area contributed by atoms with Gasteiger partial charge in [0, 0.05) is 10.6 Å². The maximum atomic E-state index is 12.5. The zero-order chi connectivity index (χ0) is 17.7. The number of alkyl halides is 3. The second kappa shape index (κ2) is 7.48. The Bertz CT molecular complexity index is 696. The first-order valence-corrected chi connectivity index (χ1v) is 7.83. The van der Waals surface area contributed by atoms with E-state index >= 15 is 0 Å². The van der Waals surface area contributed by atoms with E-state index in [0.717, 1.165) is 29.1 Å². The van der Waals surface area contributed by atoms with E-state index in [0.29, 0.717) is 0 Å². The molecule has 1 N–H and O–H groups in total. The molecular weight excluding hydrogens is 343 g/mol. The highest BCUT2D eigenvalue weighted by atomic mass is 32.1. The first kappa shape index (κ1) is 18.0. The molecule has 0 fully saturated rings. The second-order valence-electron chi connectivity index (χ2n) is 4.95. The molecule has 0 aliphatic heterocycles. The van der Waals surface area contributed by atoms with Gasteiger partial charge in [-0.2, -0.15) is 13.2 Å². The van der Waals surface area contributed by atoms with Crippen LogP contribution in [0.3, 0.4) is 0 Å².